The SMILES string of the molecule is CO[C@@H]1O[C@H](CO)[C@H](OCc2ccccc2)[C@H](O)[C@H]1O. The van der Waals surface area contributed by atoms with Gasteiger partial charge in [0.2, 0.25) is 0 Å². The van der Waals surface area contributed by atoms with E-state index in [1.54, 1.807) is 0 Å². The zero-order valence-electron chi connectivity index (χ0n) is 11.3. The average molecular weight is 284 g/mol. The first-order valence-electron chi connectivity index (χ1n) is 6.48. The van der Waals surface area contributed by atoms with E-state index in [-0.39, 0.29) is 13.2 Å². The van der Waals surface area contributed by atoms with Crippen LogP contribution < -0.4 is 0 Å². The van der Waals surface area contributed by atoms with Gasteiger partial charge in [0.05, 0.1) is 13.2 Å². The van der Waals surface area contributed by atoms with Crippen molar-refractivity contribution < 1.29 is 29.5 Å². The lowest BCUT2D eigenvalue weighted by Gasteiger charge is -2.41. The summed E-state index contributed by atoms with van der Waals surface area (Å²) in [6.45, 7) is -0.0735. The van der Waals surface area contributed by atoms with Crippen molar-refractivity contribution in [2.45, 2.75) is 37.3 Å². The van der Waals surface area contributed by atoms with Crippen molar-refractivity contribution in [3.05, 3.63) is 35.9 Å². The number of hydrogen-bond donors (Lipinski definition) is 3. The summed E-state index contributed by atoms with van der Waals surface area (Å²) in [7, 11) is 1.36. The third-order valence-electron chi connectivity index (χ3n) is 3.34. The molecular weight excluding hydrogens is 264 g/mol. The van der Waals surface area contributed by atoms with E-state index in [4.69, 9.17) is 14.2 Å². The van der Waals surface area contributed by atoms with E-state index in [2.05, 4.69) is 0 Å². The van der Waals surface area contributed by atoms with Gasteiger partial charge in [-0.25, -0.2) is 0 Å². The van der Waals surface area contributed by atoms with E-state index in [9.17, 15) is 15.3 Å². The van der Waals surface area contributed by atoms with Crippen LogP contribution >= 0.6 is 0 Å². The van der Waals surface area contributed by atoms with Crippen LogP contribution in [0.1, 0.15) is 5.56 Å². The summed E-state index contributed by atoms with van der Waals surface area (Å²) in [5.74, 6) is 0. The van der Waals surface area contributed by atoms with Gasteiger partial charge in [0.25, 0.3) is 0 Å². The fourth-order valence-electron chi connectivity index (χ4n) is 2.22. The van der Waals surface area contributed by atoms with Crippen molar-refractivity contribution in [2.24, 2.45) is 0 Å². The zero-order valence-corrected chi connectivity index (χ0v) is 11.3. The molecule has 5 atom stereocenters. The average Bonchev–Trinajstić information content (AvgIpc) is 2.49. The molecule has 1 fully saturated rings. The Balaban J connectivity index is 2.01. The van der Waals surface area contributed by atoms with E-state index < -0.39 is 30.7 Å². The normalized spacial score (nSPS) is 34.1. The number of benzene rings is 1. The van der Waals surface area contributed by atoms with Crippen molar-refractivity contribution in [1.29, 1.82) is 0 Å². The van der Waals surface area contributed by atoms with E-state index in [1.807, 2.05) is 30.3 Å². The van der Waals surface area contributed by atoms with Gasteiger partial charge >= 0.3 is 0 Å². The molecule has 0 radical (unpaired) electrons. The second-order valence-electron chi connectivity index (χ2n) is 4.70. The minimum atomic E-state index is -1.22. The van der Waals surface area contributed by atoms with Crippen LogP contribution in [-0.2, 0) is 20.8 Å². The Labute approximate surface area is 117 Å². The first-order chi connectivity index (χ1) is 9.67. The summed E-state index contributed by atoms with van der Waals surface area (Å²) in [6, 6.07) is 9.43. The van der Waals surface area contributed by atoms with Crippen LogP contribution in [0.5, 0.6) is 0 Å². The van der Waals surface area contributed by atoms with E-state index in [0.29, 0.717) is 0 Å². The highest BCUT2D eigenvalue weighted by molar-refractivity contribution is 5.13. The number of aliphatic hydroxyl groups is 3. The molecule has 1 saturated heterocycles. The molecular formula is C14H20O6. The number of methoxy groups -OCH3 is 1. The van der Waals surface area contributed by atoms with Crippen molar-refractivity contribution >= 4 is 0 Å². The number of hydrogen-bond acceptors (Lipinski definition) is 6. The summed E-state index contributed by atoms with van der Waals surface area (Å²) >= 11 is 0. The Kier molecular flexibility index (Phi) is 5.47. The van der Waals surface area contributed by atoms with Gasteiger partial charge in [-0.3, -0.25) is 0 Å². The van der Waals surface area contributed by atoms with Gasteiger partial charge in [0.15, 0.2) is 6.29 Å². The molecule has 1 aromatic rings. The molecule has 0 aliphatic carbocycles. The Morgan fingerprint density at radius 2 is 1.85 bits per heavy atom. The van der Waals surface area contributed by atoms with Gasteiger partial charge in [0, 0.05) is 7.11 Å². The minimum absolute atomic E-state index is 0.257. The molecule has 0 unspecified atom stereocenters. The van der Waals surface area contributed by atoms with Crippen LogP contribution in [0.4, 0.5) is 0 Å². The molecule has 20 heavy (non-hydrogen) atoms. The molecule has 1 aliphatic rings. The molecule has 1 aliphatic heterocycles. The highest BCUT2D eigenvalue weighted by Gasteiger charge is 2.45. The van der Waals surface area contributed by atoms with Crippen LogP contribution in [0.2, 0.25) is 0 Å². The third kappa shape index (κ3) is 3.35. The topological polar surface area (TPSA) is 88.4 Å². The van der Waals surface area contributed by atoms with Crippen LogP contribution in [-0.4, -0.2) is 59.7 Å². The largest absolute Gasteiger partial charge is 0.394 e. The van der Waals surface area contributed by atoms with E-state index in [1.165, 1.54) is 7.11 Å². The highest BCUT2D eigenvalue weighted by atomic mass is 16.7. The monoisotopic (exact) mass is 284 g/mol. The summed E-state index contributed by atoms with van der Waals surface area (Å²) in [6.07, 6.45) is -4.94. The fourth-order valence-corrected chi connectivity index (χ4v) is 2.22. The zero-order chi connectivity index (χ0) is 14.5. The molecule has 3 N–H and O–H groups in total. The van der Waals surface area contributed by atoms with Crippen LogP contribution in [0, 0.1) is 0 Å². The Hall–Kier alpha value is -1.02. The van der Waals surface area contributed by atoms with Gasteiger partial charge < -0.3 is 29.5 Å². The summed E-state index contributed by atoms with van der Waals surface area (Å²) in [4.78, 5) is 0. The molecule has 112 valence electrons. The first kappa shape index (κ1) is 15.4. The second-order valence-corrected chi connectivity index (χ2v) is 4.70. The summed E-state index contributed by atoms with van der Waals surface area (Å²) in [5, 5.41) is 29.3. The molecule has 1 aromatic carbocycles. The van der Waals surface area contributed by atoms with Crippen molar-refractivity contribution in [1.82, 2.24) is 0 Å². The molecule has 6 heteroatoms. The van der Waals surface area contributed by atoms with Gasteiger partial charge in [0.1, 0.15) is 24.4 Å². The lowest BCUT2D eigenvalue weighted by molar-refractivity contribution is -0.302. The van der Waals surface area contributed by atoms with E-state index in [0.717, 1.165) is 5.56 Å². The molecule has 1 heterocycles. The highest BCUT2D eigenvalue weighted by Crippen LogP contribution is 2.24. The van der Waals surface area contributed by atoms with Crippen LogP contribution in [0.25, 0.3) is 0 Å². The van der Waals surface area contributed by atoms with Gasteiger partial charge in [-0.2, -0.15) is 0 Å². The maximum Gasteiger partial charge on any atom is 0.186 e. The van der Waals surface area contributed by atoms with Crippen molar-refractivity contribution in [3.8, 4) is 0 Å². The Morgan fingerprint density at radius 1 is 1.15 bits per heavy atom. The Morgan fingerprint density at radius 3 is 2.45 bits per heavy atom. The predicted molar refractivity (Wildman–Crippen MR) is 69.8 cm³/mol. The maximum absolute atomic E-state index is 10.1. The molecule has 6 nitrogen and oxygen atoms in total. The Bertz CT molecular complexity index is 396. The van der Waals surface area contributed by atoms with Gasteiger partial charge in [-0.15, -0.1) is 0 Å². The number of aliphatic hydroxyl groups excluding tert-OH is 3. The summed E-state index contributed by atoms with van der Waals surface area (Å²) in [5.41, 5.74) is 0.930. The lowest BCUT2D eigenvalue weighted by Crippen LogP contribution is -2.59. The maximum atomic E-state index is 10.1. The second kappa shape index (κ2) is 7.12. The first-order valence-corrected chi connectivity index (χ1v) is 6.48. The molecule has 2 rings (SSSR count). The predicted octanol–water partition coefficient (Wildman–Crippen LogP) is -0.343. The molecule has 0 amide bonds. The van der Waals surface area contributed by atoms with Crippen molar-refractivity contribution in [2.75, 3.05) is 13.7 Å². The molecule has 0 aromatic heterocycles. The summed E-state index contributed by atoms with van der Waals surface area (Å²) < 4.78 is 15.9. The smallest absolute Gasteiger partial charge is 0.186 e. The van der Waals surface area contributed by atoms with Crippen molar-refractivity contribution in [3.63, 3.8) is 0 Å². The van der Waals surface area contributed by atoms with E-state index >= 15 is 0 Å². The minimum Gasteiger partial charge on any atom is -0.394 e. The van der Waals surface area contributed by atoms with Crippen LogP contribution in [0.15, 0.2) is 30.3 Å². The standard InChI is InChI=1S/C14H20O6/c1-18-14-12(17)11(16)13(10(7-15)20-14)19-8-9-5-3-2-4-6-9/h2-6,10-17H,7-8H2,1H3/t10-,11-,12-,13+,14-/m1/s1. The molecule has 0 spiro atoms. The van der Waals surface area contributed by atoms with Gasteiger partial charge in [-0.1, -0.05) is 30.3 Å². The fraction of sp³-hybridized carbons (Fsp3) is 0.571. The number of ether oxygens (including phenoxy) is 3. The lowest BCUT2D eigenvalue weighted by atomic mass is 9.99. The van der Waals surface area contributed by atoms with Crippen LogP contribution in [0.3, 0.4) is 0 Å². The van der Waals surface area contributed by atoms with Gasteiger partial charge in [-0.05, 0) is 5.56 Å². The quantitative estimate of drug-likeness (QED) is 0.685. The number of rotatable bonds is 5. The third-order valence-corrected chi connectivity index (χ3v) is 3.34. The molecule has 0 bridgehead atoms. The molecule has 0 saturated carbocycles.